The van der Waals surface area contributed by atoms with Crippen LogP contribution in [0.25, 0.3) is 0 Å². The molecule has 0 saturated carbocycles. The summed E-state index contributed by atoms with van der Waals surface area (Å²) in [6.07, 6.45) is 0.682. The van der Waals surface area contributed by atoms with Gasteiger partial charge in [-0.25, -0.2) is 4.79 Å². The van der Waals surface area contributed by atoms with Crippen LogP contribution in [0.2, 0.25) is 5.02 Å². The van der Waals surface area contributed by atoms with Crippen molar-refractivity contribution in [3.05, 3.63) is 27.8 Å². The molecule has 0 radical (unpaired) electrons. The molecular formula is C17H23ClN2O4. The fraction of sp³-hybridized carbons (Fsp3) is 0.471. The molecule has 1 aromatic carbocycles. The number of halogens is 1. The van der Waals surface area contributed by atoms with Gasteiger partial charge in [-0.1, -0.05) is 58.3 Å². The molecule has 6 nitrogen and oxygen atoms in total. The third-order valence-corrected chi connectivity index (χ3v) is 3.72. The number of nitrogens with zero attached hydrogens (tertiary/aromatic N) is 1. The van der Waals surface area contributed by atoms with Gasteiger partial charge in [0.1, 0.15) is 12.0 Å². The van der Waals surface area contributed by atoms with Crippen LogP contribution in [0.1, 0.15) is 63.0 Å². The Bertz CT molecular complexity index is 698. The second-order valence-electron chi connectivity index (χ2n) is 7.52. The number of nitrogens with two attached hydrogens (primary N) is 1. The Kier molecular flexibility index (Phi) is 5.66. The third kappa shape index (κ3) is 4.47. The van der Waals surface area contributed by atoms with E-state index >= 15 is 0 Å². The Labute approximate surface area is 146 Å². The Morgan fingerprint density at radius 2 is 1.75 bits per heavy atom. The predicted octanol–water partition coefficient (Wildman–Crippen LogP) is 3.27. The topological polar surface area (TPSA) is 102 Å². The standard InChI is InChI=1S/C17H23ClN2O4/c1-16(2,3)10-7-9(15(23)24-20-8-11(19)21)13(18)12(14(10)22)17(4,5)6/h7-8,22H,1-6H3,(H2,19,21). The van der Waals surface area contributed by atoms with Gasteiger partial charge >= 0.3 is 5.97 Å². The first kappa shape index (κ1) is 20.0. The molecular weight excluding hydrogens is 332 g/mol. The predicted molar refractivity (Wildman–Crippen MR) is 93.6 cm³/mol. The fourth-order valence-electron chi connectivity index (χ4n) is 2.23. The van der Waals surface area contributed by atoms with Gasteiger partial charge in [0, 0.05) is 11.1 Å². The average Bonchev–Trinajstić information content (AvgIpc) is 2.34. The van der Waals surface area contributed by atoms with Crippen molar-refractivity contribution in [3.8, 4) is 5.75 Å². The van der Waals surface area contributed by atoms with Crippen molar-refractivity contribution in [2.45, 2.75) is 52.4 Å². The summed E-state index contributed by atoms with van der Waals surface area (Å²) < 4.78 is 0. The third-order valence-electron chi connectivity index (χ3n) is 3.33. The van der Waals surface area contributed by atoms with Gasteiger partial charge in [-0.3, -0.25) is 4.79 Å². The number of phenols is 1. The summed E-state index contributed by atoms with van der Waals surface area (Å²) in [5.41, 5.74) is 5.02. The summed E-state index contributed by atoms with van der Waals surface area (Å²) in [6, 6.07) is 1.48. The molecule has 0 aliphatic rings. The number of oxime groups is 1. The van der Waals surface area contributed by atoms with Gasteiger partial charge in [-0.2, -0.15) is 0 Å². The van der Waals surface area contributed by atoms with Crippen molar-refractivity contribution in [2.24, 2.45) is 10.9 Å². The van der Waals surface area contributed by atoms with Gasteiger partial charge in [-0.15, -0.1) is 0 Å². The van der Waals surface area contributed by atoms with E-state index in [1.165, 1.54) is 6.07 Å². The molecule has 0 spiro atoms. The van der Waals surface area contributed by atoms with Crippen LogP contribution in [0.5, 0.6) is 5.75 Å². The van der Waals surface area contributed by atoms with Crippen LogP contribution in [-0.2, 0) is 20.5 Å². The average molecular weight is 355 g/mol. The van der Waals surface area contributed by atoms with Crippen LogP contribution < -0.4 is 5.73 Å². The highest BCUT2D eigenvalue weighted by Gasteiger charge is 2.32. The second kappa shape index (κ2) is 6.81. The zero-order chi connectivity index (χ0) is 18.9. The first-order chi connectivity index (χ1) is 10.8. The summed E-state index contributed by atoms with van der Waals surface area (Å²) in [5.74, 6) is -1.63. The second-order valence-corrected chi connectivity index (χ2v) is 7.90. The number of hydrogen-bond donors (Lipinski definition) is 2. The zero-order valence-corrected chi connectivity index (χ0v) is 15.5. The zero-order valence-electron chi connectivity index (χ0n) is 14.7. The molecule has 0 fully saturated rings. The molecule has 0 heterocycles. The van der Waals surface area contributed by atoms with Crippen molar-refractivity contribution < 1.29 is 19.5 Å². The van der Waals surface area contributed by atoms with Crippen molar-refractivity contribution in [3.63, 3.8) is 0 Å². The largest absolute Gasteiger partial charge is 0.507 e. The van der Waals surface area contributed by atoms with E-state index in [4.69, 9.17) is 17.3 Å². The molecule has 0 unspecified atom stereocenters. The highest BCUT2D eigenvalue weighted by molar-refractivity contribution is 6.34. The van der Waals surface area contributed by atoms with Crippen LogP contribution in [0.4, 0.5) is 0 Å². The van der Waals surface area contributed by atoms with E-state index in [2.05, 4.69) is 9.99 Å². The Balaban J connectivity index is 3.56. The lowest BCUT2D eigenvalue weighted by molar-refractivity contribution is -0.111. The molecule has 0 bridgehead atoms. The number of aromatic hydroxyl groups is 1. The molecule has 0 atom stereocenters. The lowest BCUT2D eigenvalue weighted by Gasteiger charge is -2.29. The van der Waals surface area contributed by atoms with Crippen LogP contribution in [0.3, 0.4) is 0 Å². The fourth-order valence-corrected chi connectivity index (χ4v) is 2.73. The maximum atomic E-state index is 12.3. The first-order valence-electron chi connectivity index (χ1n) is 7.37. The summed E-state index contributed by atoms with van der Waals surface area (Å²) in [7, 11) is 0. The number of phenolic OH excluding ortho intramolecular Hbond substituents is 1. The molecule has 0 aliphatic heterocycles. The van der Waals surface area contributed by atoms with Crippen molar-refractivity contribution in [2.75, 3.05) is 0 Å². The molecule has 132 valence electrons. The van der Waals surface area contributed by atoms with Crippen molar-refractivity contribution >= 4 is 29.7 Å². The minimum absolute atomic E-state index is 0.0530. The summed E-state index contributed by atoms with van der Waals surface area (Å²) in [5, 5.41) is 14.0. The Hall–Kier alpha value is -2.08. The smallest absolute Gasteiger partial charge is 0.367 e. The van der Waals surface area contributed by atoms with E-state index in [0.717, 1.165) is 0 Å². The molecule has 1 rings (SSSR count). The molecule has 24 heavy (non-hydrogen) atoms. The lowest BCUT2D eigenvalue weighted by Crippen LogP contribution is -2.20. The van der Waals surface area contributed by atoms with E-state index < -0.39 is 22.7 Å². The minimum Gasteiger partial charge on any atom is -0.507 e. The van der Waals surface area contributed by atoms with Crippen LogP contribution in [-0.4, -0.2) is 23.2 Å². The number of carbonyl (C=O) groups excluding carboxylic acids is 2. The maximum absolute atomic E-state index is 12.3. The first-order valence-corrected chi connectivity index (χ1v) is 7.75. The molecule has 0 aromatic heterocycles. The highest BCUT2D eigenvalue weighted by atomic mass is 35.5. The van der Waals surface area contributed by atoms with Crippen LogP contribution >= 0.6 is 11.6 Å². The van der Waals surface area contributed by atoms with Crippen molar-refractivity contribution in [1.29, 1.82) is 0 Å². The molecule has 0 aliphatic carbocycles. The van der Waals surface area contributed by atoms with Gasteiger partial charge in [-0.05, 0) is 16.9 Å². The van der Waals surface area contributed by atoms with E-state index in [0.29, 0.717) is 17.3 Å². The minimum atomic E-state index is -0.842. The molecule has 7 heteroatoms. The number of amides is 1. The van der Waals surface area contributed by atoms with Gasteiger partial charge in [0.25, 0.3) is 5.91 Å². The number of benzene rings is 1. The maximum Gasteiger partial charge on any atom is 0.367 e. The number of hydrogen-bond acceptors (Lipinski definition) is 5. The number of carbonyl (C=O) groups is 2. The normalized spacial score (nSPS) is 12.5. The monoisotopic (exact) mass is 354 g/mol. The molecule has 0 saturated heterocycles. The van der Waals surface area contributed by atoms with E-state index in [-0.39, 0.29) is 16.3 Å². The summed E-state index contributed by atoms with van der Waals surface area (Å²) in [6.45, 7) is 11.3. The van der Waals surface area contributed by atoms with Crippen LogP contribution in [0.15, 0.2) is 11.2 Å². The summed E-state index contributed by atoms with van der Waals surface area (Å²) in [4.78, 5) is 27.5. The van der Waals surface area contributed by atoms with Gasteiger partial charge < -0.3 is 15.7 Å². The van der Waals surface area contributed by atoms with E-state index in [1.807, 2.05) is 41.5 Å². The quantitative estimate of drug-likeness (QED) is 0.494. The molecule has 1 aromatic rings. The van der Waals surface area contributed by atoms with Crippen LogP contribution in [0, 0.1) is 0 Å². The van der Waals surface area contributed by atoms with Gasteiger partial charge in [0.05, 0.1) is 10.6 Å². The molecule has 1 amide bonds. The highest BCUT2D eigenvalue weighted by Crippen LogP contribution is 2.44. The Morgan fingerprint density at radius 1 is 1.21 bits per heavy atom. The summed E-state index contributed by atoms with van der Waals surface area (Å²) >= 11 is 6.35. The molecule has 3 N–H and O–H groups in total. The van der Waals surface area contributed by atoms with E-state index in [9.17, 15) is 14.7 Å². The lowest BCUT2D eigenvalue weighted by atomic mass is 9.78. The van der Waals surface area contributed by atoms with Gasteiger partial charge in [0.15, 0.2) is 0 Å². The SMILES string of the molecule is CC(C)(C)c1cc(C(=O)ON=CC(N)=O)c(Cl)c(C(C)(C)C)c1O. The van der Waals surface area contributed by atoms with Gasteiger partial charge in [0.2, 0.25) is 0 Å². The number of rotatable bonds is 3. The van der Waals surface area contributed by atoms with Crippen molar-refractivity contribution in [1.82, 2.24) is 0 Å². The van der Waals surface area contributed by atoms with E-state index in [1.54, 1.807) is 0 Å². The Morgan fingerprint density at radius 3 is 2.17 bits per heavy atom. The number of primary amides is 1.